The molecular formula is C26H31N5O3. The van der Waals surface area contributed by atoms with E-state index in [0.29, 0.717) is 43.5 Å². The number of fused-ring (bicyclic) bond motifs is 8. The number of nitrogens with one attached hydrogen (secondary N) is 1. The Balaban J connectivity index is 1.29. The predicted molar refractivity (Wildman–Crippen MR) is 128 cm³/mol. The molecule has 1 N–H and O–H groups in total. The number of nitrogens with zero attached hydrogens (tertiary/aromatic N) is 4. The molecule has 8 nitrogen and oxygen atoms in total. The molecule has 8 bridgehead atoms. The Hall–Kier alpha value is -3.39. The summed E-state index contributed by atoms with van der Waals surface area (Å²) in [7, 11) is 0. The van der Waals surface area contributed by atoms with Crippen LogP contribution in [0.4, 0.5) is 0 Å². The van der Waals surface area contributed by atoms with Gasteiger partial charge >= 0.3 is 0 Å². The standard InChI is InChI=1S/C26H31N5O3/c32-26-22-4-1-5-25(15-22)33-14-13-31-18-23(28-29-31)19-34-24-8-6-21(7-9-24)17-30-12-2-3-20(16-30)10-11-27-26/h1,4-9,15,18,20H,2-3,10-14,16-17,19H2,(H,27,32). The SMILES string of the molecule is O=C1NCCC2CCCN(Cc3ccc(cc3)OCc3cn(nn3)CCOc3cccc1c3)C2. The van der Waals surface area contributed by atoms with Crippen LogP contribution in [0.1, 0.15) is 40.9 Å². The number of hydrogen-bond donors (Lipinski definition) is 1. The van der Waals surface area contributed by atoms with Gasteiger partial charge in [0, 0.05) is 25.2 Å². The van der Waals surface area contributed by atoms with Crippen molar-refractivity contribution >= 4 is 5.91 Å². The van der Waals surface area contributed by atoms with Gasteiger partial charge < -0.3 is 14.8 Å². The molecule has 8 heteroatoms. The van der Waals surface area contributed by atoms with Crippen LogP contribution in [-0.4, -0.2) is 52.0 Å². The van der Waals surface area contributed by atoms with E-state index in [-0.39, 0.29) is 5.91 Å². The van der Waals surface area contributed by atoms with Gasteiger partial charge in [0.1, 0.15) is 30.4 Å². The zero-order chi connectivity index (χ0) is 23.2. The Labute approximate surface area is 199 Å². The van der Waals surface area contributed by atoms with Crippen LogP contribution in [-0.2, 0) is 19.7 Å². The average molecular weight is 462 g/mol. The van der Waals surface area contributed by atoms with Gasteiger partial charge in [0.15, 0.2) is 0 Å². The summed E-state index contributed by atoms with van der Waals surface area (Å²) >= 11 is 0. The number of hydrogen-bond acceptors (Lipinski definition) is 6. The van der Waals surface area contributed by atoms with Crippen molar-refractivity contribution in [2.45, 2.75) is 39.0 Å². The van der Waals surface area contributed by atoms with E-state index >= 15 is 0 Å². The van der Waals surface area contributed by atoms with Gasteiger partial charge in [-0.2, -0.15) is 0 Å². The second kappa shape index (κ2) is 10.7. The molecule has 6 rings (SSSR count). The molecule has 3 aliphatic heterocycles. The number of carbonyl (C=O) groups excluding carboxylic acids is 1. The first-order valence-corrected chi connectivity index (χ1v) is 12.1. The number of amides is 1. The predicted octanol–water partition coefficient (Wildman–Crippen LogP) is 3.28. The minimum absolute atomic E-state index is 0.0579. The summed E-state index contributed by atoms with van der Waals surface area (Å²) in [6.45, 7) is 5.14. The van der Waals surface area contributed by atoms with Gasteiger partial charge in [-0.15, -0.1) is 5.10 Å². The minimum Gasteiger partial charge on any atom is -0.492 e. The number of carbonyl (C=O) groups is 1. The van der Waals surface area contributed by atoms with E-state index in [2.05, 4.69) is 32.7 Å². The molecule has 0 aliphatic carbocycles. The molecule has 2 aromatic carbocycles. The first kappa shape index (κ1) is 22.4. The maximum atomic E-state index is 12.7. The normalized spacial score (nSPS) is 21.7. The quantitative estimate of drug-likeness (QED) is 0.553. The molecule has 0 spiro atoms. The van der Waals surface area contributed by atoms with Crippen LogP contribution in [0.15, 0.2) is 54.7 Å². The highest BCUT2D eigenvalue weighted by atomic mass is 16.5. The summed E-state index contributed by atoms with van der Waals surface area (Å²) in [5.41, 5.74) is 2.66. The smallest absolute Gasteiger partial charge is 0.251 e. The fourth-order valence-electron chi connectivity index (χ4n) is 4.63. The molecule has 2 atom stereocenters. The van der Waals surface area contributed by atoms with E-state index in [4.69, 9.17) is 9.47 Å². The molecule has 2 unspecified atom stereocenters. The van der Waals surface area contributed by atoms with Crippen molar-refractivity contribution < 1.29 is 14.3 Å². The topological polar surface area (TPSA) is 81.5 Å². The van der Waals surface area contributed by atoms with E-state index < -0.39 is 0 Å². The zero-order valence-corrected chi connectivity index (χ0v) is 19.4. The number of aromatic nitrogens is 3. The highest BCUT2D eigenvalue weighted by molar-refractivity contribution is 5.94. The van der Waals surface area contributed by atoms with Gasteiger partial charge in [-0.1, -0.05) is 23.4 Å². The van der Waals surface area contributed by atoms with Gasteiger partial charge in [0.05, 0.1) is 12.7 Å². The third-order valence-electron chi connectivity index (χ3n) is 6.43. The van der Waals surface area contributed by atoms with Crippen molar-refractivity contribution in [3.63, 3.8) is 0 Å². The van der Waals surface area contributed by atoms with Crippen LogP contribution in [0.25, 0.3) is 0 Å². The van der Waals surface area contributed by atoms with Crippen LogP contribution in [0.5, 0.6) is 11.5 Å². The van der Waals surface area contributed by atoms with E-state index in [0.717, 1.165) is 37.5 Å². The molecule has 1 saturated heterocycles. The van der Waals surface area contributed by atoms with Crippen LogP contribution in [0.2, 0.25) is 0 Å². The van der Waals surface area contributed by atoms with Crippen LogP contribution in [0, 0.1) is 5.92 Å². The largest absolute Gasteiger partial charge is 0.492 e. The Kier molecular flexibility index (Phi) is 7.05. The monoisotopic (exact) mass is 461 g/mol. The molecule has 3 aliphatic rings. The fraction of sp³-hybridized carbons (Fsp3) is 0.423. The van der Waals surface area contributed by atoms with Gasteiger partial charge in [-0.3, -0.25) is 9.69 Å². The zero-order valence-electron chi connectivity index (χ0n) is 19.4. The van der Waals surface area contributed by atoms with E-state index in [1.54, 1.807) is 10.7 Å². The minimum atomic E-state index is -0.0579. The molecule has 1 amide bonds. The van der Waals surface area contributed by atoms with Gasteiger partial charge in [-0.05, 0) is 67.6 Å². The maximum Gasteiger partial charge on any atom is 0.251 e. The molecule has 4 heterocycles. The molecule has 0 saturated carbocycles. The number of ether oxygens (including phenoxy) is 2. The molecule has 34 heavy (non-hydrogen) atoms. The molecule has 178 valence electrons. The van der Waals surface area contributed by atoms with E-state index in [9.17, 15) is 4.79 Å². The summed E-state index contributed by atoms with van der Waals surface area (Å²) in [5.74, 6) is 2.03. The Bertz CT molecular complexity index is 1100. The van der Waals surface area contributed by atoms with Gasteiger partial charge in [0.2, 0.25) is 0 Å². The first-order chi connectivity index (χ1) is 16.7. The third kappa shape index (κ3) is 5.94. The van der Waals surface area contributed by atoms with Crippen LogP contribution in [0.3, 0.4) is 0 Å². The lowest BCUT2D eigenvalue weighted by atomic mass is 9.94. The van der Waals surface area contributed by atoms with Gasteiger partial charge in [-0.25, -0.2) is 4.68 Å². The molecule has 1 aromatic heterocycles. The lowest BCUT2D eigenvalue weighted by molar-refractivity contribution is 0.0945. The Morgan fingerprint density at radius 2 is 1.91 bits per heavy atom. The molecule has 1 fully saturated rings. The number of piperidine rings is 1. The van der Waals surface area contributed by atoms with Crippen molar-refractivity contribution in [3.8, 4) is 11.5 Å². The van der Waals surface area contributed by atoms with Crippen molar-refractivity contribution in [1.82, 2.24) is 25.2 Å². The van der Waals surface area contributed by atoms with Crippen LogP contribution < -0.4 is 14.8 Å². The maximum absolute atomic E-state index is 12.7. The number of rotatable bonds is 0. The summed E-state index contributed by atoms with van der Waals surface area (Å²) in [4.78, 5) is 15.2. The Morgan fingerprint density at radius 3 is 2.82 bits per heavy atom. The summed E-state index contributed by atoms with van der Waals surface area (Å²) in [5, 5.41) is 11.4. The summed E-state index contributed by atoms with van der Waals surface area (Å²) in [6.07, 6.45) is 5.27. The fourth-order valence-corrected chi connectivity index (χ4v) is 4.63. The summed E-state index contributed by atoms with van der Waals surface area (Å²) in [6, 6.07) is 15.6. The lowest BCUT2D eigenvalue weighted by Gasteiger charge is -2.33. The highest BCUT2D eigenvalue weighted by Gasteiger charge is 2.20. The Morgan fingerprint density at radius 1 is 1.00 bits per heavy atom. The van der Waals surface area contributed by atoms with Gasteiger partial charge in [0.25, 0.3) is 5.91 Å². The highest BCUT2D eigenvalue weighted by Crippen LogP contribution is 2.22. The van der Waals surface area contributed by atoms with E-state index in [1.165, 1.54) is 18.4 Å². The lowest BCUT2D eigenvalue weighted by Crippen LogP contribution is -2.36. The third-order valence-corrected chi connectivity index (χ3v) is 6.43. The molecule has 3 aromatic rings. The van der Waals surface area contributed by atoms with Crippen LogP contribution >= 0.6 is 0 Å². The molecule has 0 radical (unpaired) electrons. The van der Waals surface area contributed by atoms with Crippen molar-refractivity contribution in [3.05, 3.63) is 71.5 Å². The molecular weight excluding hydrogens is 430 g/mol. The second-order valence-electron chi connectivity index (χ2n) is 9.07. The summed E-state index contributed by atoms with van der Waals surface area (Å²) < 4.78 is 13.5. The van der Waals surface area contributed by atoms with Crippen molar-refractivity contribution in [1.29, 1.82) is 0 Å². The number of benzene rings is 2. The first-order valence-electron chi connectivity index (χ1n) is 12.1. The van der Waals surface area contributed by atoms with Crippen molar-refractivity contribution in [2.75, 3.05) is 26.2 Å². The van der Waals surface area contributed by atoms with E-state index in [1.807, 2.05) is 36.5 Å². The second-order valence-corrected chi connectivity index (χ2v) is 9.07. The average Bonchev–Trinajstić information content (AvgIpc) is 3.31. The van der Waals surface area contributed by atoms with Crippen molar-refractivity contribution in [2.24, 2.45) is 5.92 Å².